The van der Waals surface area contributed by atoms with E-state index in [0.717, 1.165) is 5.92 Å². The van der Waals surface area contributed by atoms with Crippen LogP contribution in [0.15, 0.2) is 23.8 Å². The molecule has 1 aliphatic carbocycles. The molecule has 0 bridgehead atoms. The molecule has 0 radical (unpaired) electrons. The van der Waals surface area contributed by atoms with Crippen LogP contribution in [-0.2, 0) is 0 Å². The van der Waals surface area contributed by atoms with Crippen LogP contribution >= 0.6 is 0 Å². The van der Waals surface area contributed by atoms with E-state index >= 15 is 0 Å². The first-order valence-electron chi connectivity index (χ1n) is 7.07. The monoisotopic (exact) mass is 220 g/mol. The summed E-state index contributed by atoms with van der Waals surface area (Å²) in [6.07, 6.45) is 14.5. The highest BCUT2D eigenvalue weighted by molar-refractivity contribution is 5.05. The van der Waals surface area contributed by atoms with E-state index in [1.807, 2.05) is 0 Å². The Balaban J connectivity index is 2.19. The van der Waals surface area contributed by atoms with E-state index in [0.29, 0.717) is 0 Å². The molecule has 0 N–H and O–H groups in total. The summed E-state index contributed by atoms with van der Waals surface area (Å²) >= 11 is 0. The normalized spacial score (nSPS) is 18.8. The minimum Gasteiger partial charge on any atom is -0.0998 e. The van der Waals surface area contributed by atoms with Crippen LogP contribution < -0.4 is 0 Å². The Bertz CT molecular complexity index is 228. The predicted molar refractivity (Wildman–Crippen MR) is 73.6 cm³/mol. The Labute approximate surface area is 102 Å². The number of hydrogen-bond acceptors (Lipinski definition) is 0. The SMILES string of the molecule is C=C(CCC(=CC)CC)CC1CCCCC1. The summed E-state index contributed by atoms with van der Waals surface area (Å²) in [6, 6.07) is 0. The summed E-state index contributed by atoms with van der Waals surface area (Å²) in [5.41, 5.74) is 3.07. The lowest BCUT2D eigenvalue weighted by molar-refractivity contribution is 0.353. The van der Waals surface area contributed by atoms with Crippen LogP contribution in [0.3, 0.4) is 0 Å². The van der Waals surface area contributed by atoms with Crippen molar-refractivity contribution in [3.63, 3.8) is 0 Å². The molecule has 1 saturated carbocycles. The van der Waals surface area contributed by atoms with Gasteiger partial charge in [-0.05, 0) is 38.5 Å². The molecule has 1 aliphatic rings. The van der Waals surface area contributed by atoms with Gasteiger partial charge in [0, 0.05) is 0 Å². The molecule has 0 aliphatic heterocycles. The Morgan fingerprint density at radius 1 is 1.19 bits per heavy atom. The van der Waals surface area contributed by atoms with Gasteiger partial charge in [-0.3, -0.25) is 0 Å². The van der Waals surface area contributed by atoms with Crippen molar-refractivity contribution in [3.05, 3.63) is 23.8 Å². The van der Waals surface area contributed by atoms with Gasteiger partial charge in [0.05, 0.1) is 0 Å². The third-order valence-electron chi connectivity index (χ3n) is 3.96. The van der Waals surface area contributed by atoms with Crippen LogP contribution in [0.4, 0.5) is 0 Å². The van der Waals surface area contributed by atoms with Crippen LogP contribution in [0.5, 0.6) is 0 Å². The fourth-order valence-corrected chi connectivity index (χ4v) is 2.76. The van der Waals surface area contributed by atoms with Crippen LogP contribution in [0.25, 0.3) is 0 Å². The van der Waals surface area contributed by atoms with Crippen LogP contribution in [0.1, 0.15) is 71.6 Å². The summed E-state index contributed by atoms with van der Waals surface area (Å²) in [5.74, 6) is 0.955. The molecule has 0 heteroatoms. The Kier molecular flexibility index (Phi) is 6.52. The quantitative estimate of drug-likeness (QED) is 0.507. The average Bonchev–Trinajstić information content (AvgIpc) is 2.31. The van der Waals surface area contributed by atoms with Gasteiger partial charge in [-0.2, -0.15) is 0 Å². The maximum Gasteiger partial charge on any atom is -0.0283 e. The first-order chi connectivity index (χ1) is 7.76. The third kappa shape index (κ3) is 5.01. The summed E-state index contributed by atoms with van der Waals surface area (Å²) in [6.45, 7) is 8.67. The molecule has 0 aromatic carbocycles. The van der Waals surface area contributed by atoms with Gasteiger partial charge in [0.25, 0.3) is 0 Å². The Hall–Kier alpha value is -0.520. The van der Waals surface area contributed by atoms with Gasteiger partial charge >= 0.3 is 0 Å². The summed E-state index contributed by atoms with van der Waals surface area (Å²) < 4.78 is 0. The molecule has 0 saturated heterocycles. The molecule has 0 atom stereocenters. The smallest absolute Gasteiger partial charge is 0.0283 e. The van der Waals surface area contributed by atoms with Crippen LogP contribution in [0.2, 0.25) is 0 Å². The fraction of sp³-hybridized carbons (Fsp3) is 0.750. The highest BCUT2D eigenvalue weighted by atomic mass is 14.2. The Morgan fingerprint density at radius 2 is 1.88 bits per heavy atom. The molecular weight excluding hydrogens is 192 g/mol. The molecule has 0 aromatic heterocycles. The van der Waals surface area contributed by atoms with Gasteiger partial charge in [-0.25, -0.2) is 0 Å². The van der Waals surface area contributed by atoms with Crippen molar-refractivity contribution in [1.82, 2.24) is 0 Å². The molecule has 1 rings (SSSR count). The first kappa shape index (κ1) is 13.5. The zero-order chi connectivity index (χ0) is 11.8. The molecule has 0 heterocycles. The zero-order valence-corrected chi connectivity index (χ0v) is 11.2. The van der Waals surface area contributed by atoms with Crippen molar-refractivity contribution >= 4 is 0 Å². The average molecular weight is 220 g/mol. The van der Waals surface area contributed by atoms with E-state index in [1.165, 1.54) is 63.4 Å². The number of rotatable bonds is 6. The number of allylic oxidation sites excluding steroid dienone is 3. The standard InChI is InChI=1S/C16H28/c1-4-15(5-2)12-11-14(3)13-16-9-7-6-8-10-16/h4,16H,3,5-13H2,1-2H3. The van der Waals surface area contributed by atoms with Crippen molar-refractivity contribution in [3.8, 4) is 0 Å². The van der Waals surface area contributed by atoms with Crippen molar-refractivity contribution in [2.75, 3.05) is 0 Å². The van der Waals surface area contributed by atoms with E-state index in [-0.39, 0.29) is 0 Å². The third-order valence-corrected chi connectivity index (χ3v) is 3.96. The second-order valence-corrected chi connectivity index (χ2v) is 5.26. The summed E-state index contributed by atoms with van der Waals surface area (Å²) in [5, 5.41) is 0. The first-order valence-corrected chi connectivity index (χ1v) is 7.07. The van der Waals surface area contributed by atoms with Crippen molar-refractivity contribution in [2.24, 2.45) is 5.92 Å². The molecule has 1 fully saturated rings. The van der Waals surface area contributed by atoms with Crippen molar-refractivity contribution in [2.45, 2.75) is 71.6 Å². The molecular formula is C16H28. The molecule has 0 amide bonds. The number of hydrogen-bond donors (Lipinski definition) is 0. The van der Waals surface area contributed by atoms with Crippen LogP contribution in [-0.4, -0.2) is 0 Å². The van der Waals surface area contributed by atoms with E-state index in [4.69, 9.17) is 0 Å². The lowest BCUT2D eigenvalue weighted by atomic mass is 9.84. The highest BCUT2D eigenvalue weighted by Crippen LogP contribution is 2.30. The summed E-state index contributed by atoms with van der Waals surface area (Å²) in [4.78, 5) is 0. The van der Waals surface area contributed by atoms with E-state index in [2.05, 4.69) is 26.5 Å². The Morgan fingerprint density at radius 3 is 2.44 bits per heavy atom. The zero-order valence-electron chi connectivity index (χ0n) is 11.2. The lowest BCUT2D eigenvalue weighted by Crippen LogP contribution is -2.07. The maximum atomic E-state index is 4.26. The van der Waals surface area contributed by atoms with E-state index < -0.39 is 0 Å². The molecule has 0 unspecified atom stereocenters. The fourth-order valence-electron chi connectivity index (χ4n) is 2.76. The van der Waals surface area contributed by atoms with E-state index in [1.54, 1.807) is 5.57 Å². The topological polar surface area (TPSA) is 0 Å². The predicted octanol–water partition coefficient (Wildman–Crippen LogP) is 5.65. The molecule has 0 spiro atoms. The van der Waals surface area contributed by atoms with Gasteiger partial charge in [0.2, 0.25) is 0 Å². The van der Waals surface area contributed by atoms with Gasteiger partial charge in [0.15, 0.2) is 0 Å². The van der Waals surface area contributed by atoms with Gasteiger partial charge in [-0.1, -0.05) is 62.8 Å². The minimum atomic E-state index is 0.955. The van der Waals surface area contributed by atoms with Gasteiger partial charge < -0.3 is 0 Å². The maximum absolute atomic E-state index is 4.26. The minimum absolute atomic E-state index is 0.955. The van der Waals surface area contributed by atoms with Crippen LogP contribution in [0, 0.1) is 5.92 Å². The van der Waals surface area contributed by atoms with Crippen molar-refractivity contribution < 1.29 is 0 Å². The summed E-state index contributed by atoms with van der Waals surface area (Å²) in [7, 11) is 0. The molecule has 92 valence electrons. The van der Waals surface area contributed by atoms with Gasteiger partial charge in [-0.15, -0.1) is 0 Å². The lowest BCUT2D eigenvalue weighted by Gasteiger charge is -2.22. The molecule has 16 heavy (non-hydrogen) atoms. The second kappa shape index (κ2) is 7.70. The van der Waals surface area contributed by atoms with Gasteiger partial charge in [0.1, 0.15) is 0 Å². The van der Waals surface area contributed by atoms with E-state index in [9.17, 15) is 0 Å². The second-order valence-electron chi connectivity index (χ2n) is 5.26. The highest BCUT2D eigenvalue weighted by Gasteiger charge is 2.14. The largest absolute Gasteiger partial charge is 0.0998 e. The van der Waals surface area contributed by atoms with Crippen molar-refractivity contribution in [1.29, 1.82) is 0 Å². The molecule has 0 nitrogen and oxygen atoms in total. The molecule has 0 aromatic rings.